The van der Waals surface area contributed by atoms with Crippen LogP contribution < -0.4 is 0 Å². The van der Waals surface area contributed by atoms with Gasteiger partial charge < -0.3 is 0 Å². The molecule has 0 aromatic heterocycles. The molecule has 0 spiro atoms. The molecule has 3 rings (SSSR count). The van der Waals surface area contributed by atoms with Gasteiger partial charge in [-0.3, -0.25) is 4.79 Å². The summed E-state index contributed by atoms with van der Waals surface area (Å²) in [5.41, 5.74) is 3.00. The van der Waals surface area contributed by atoms with Crippen molar-refractivity contribution in [3.8, 4) is 0 Å². The van der Waals surface area contributed by atoms with Crippen molar-refractivity contribution in [2.75, 3.05) is 0 Å². The molecule has 1 aliphatic carbocycles. The van der Waals surface area contributed by atoms with Crippen LogP contribution in [0.3, 0.4) is 0 Å². The molecule has 1 aliphatic rings. The van der Waals surface area contributed by atoms with Crippen LogP contribution in [0.15, 0.2) is 84.5 Å². The Balaban J connectivity index is 2.35. The van der Waals surface area contributed by atoms with Crippen molar-refractivity contribution < 1.29 is 4.79 Å². The maximum Gasteiger partial charge on any atom is 0.178 e. The molecule has 23 heavy (non-hydrogen) atoms. The molecule has 0 fully saturated rings. The first-order chi connectivity index (χ1) is 10.9. The second-order valence-corrected chi connectivity index (χ2v) is 7.08. The van der Waals surface area contributed by atoms with E-state index in [-0.39, 0.29) is 11.2 Å². The summed E-state index contributed by atoms with van der Waals surface area (Å²) in [6.45, 7) is 6.52. The molecule has 0 aliphatic heterocycles. The van der Waals surface area contributed by atoms with E-state index >= 15 is 0 Å². The Kier molecular flexibility index (Phi) is 3.81. The zero-order chi connectivity index (χ0) is 16.5. The van der Waals surface area contributed by atoms with E-state index in [2.05, 4.69) is 75.4 Å². The van der Waals surface area contributed by atoms with Crippen LogP contribution in [0.25, 0.3) is 0 Å². The number of carbonyl (C=O) groups is 1. The number of benzene rings is 2. The van der Waals surface area contributed by atoms with Crippen LogP contribution in [0, 0.1) is 5.41 Å². The third-order valence-electron chi connectivity index (χ3n) is 4.48. The first-order valence-corrected chi connectivity index (χ1v) is 8.01. The van der Waals surface area contributed by atoms with Crippen LogP contribution >= 0.6 is 0 Å². The summed E-state index contributed by atoms with van der Waals surface area (Å²) in [6, 6.07) is 20.9. The number of carbonyl (C=O) groups excluding carboxylic acids is 1. The molecule has 0 saturated heterocycles. The highest BCUT2D eigenvalue weighted by atomic mass is 16.1. The van der Waals surface area contributed by atoms with E-state index in [1.165, 1.54) is 11.1 Å². The SMILES string of the molecule is CC(C)(C)C1=CC(=O)C=CC1(c1ccccc1)c1ccccc1. The Morgan fingerprint density at radius 3 is 1.70 bits per heavy atom. The van der Waals surface area contributed by atoms with Crippen LogP contribution in [-0.2, 0) is 10.2 Å². The molecule has 2 aromatic carbocycles. The molecule has 0 atom stereocenters. The Hall–Kier alpha value is -2.41. The first-order valence-electron chi connectivity index (χ1n) is 8.01. The quantitative estimate of drug-likeness (QED) is 0.755. The molecular formula is C22H22O. The average molecular weight is 302 g/mol. The summed E-state index contributed by atoms with van der Waals surface area (Å²) in [6.07, 6.45) is 5.59. The summed E-state index contributed by atoms with van der Waals surface area (Å²) < 4.78 is 0. The van der Waals surface area contributed by atoms with Gasteiger partial charge in [0.2, 0.25) is 0 Å². The van der Waals surface area contributed by atoms with Crippen LogP contribution in [0.5, 0.6) is 0 Å². The highest BCUT2D eigenvalue weighted by molar-refractivity contribution is 6.02. The lowest BCUT2D eigenvalue weighted by Gasteiger charge is -2.42. The average Bonchev–Trinajstić information content (AvgIpc) is 2.56. The van der Waals surface area contributed by atoms with E-state index in [0.717, 1.165) is 5.57 Å². The number of hydrogen-bond acceptors (Lipinski definition) is 1. The Bertz CT molecular complexity index is 719. The van der Waals surface area contributed by atoms with Crippen molar-refractivity contribution in [1.82, 2.24) is 0 Å². The number of rotatable bonds is 2. The molecular weight excluding hydrogens is 280 g/mol. The molecule has 0 radical (unpaired) electrons. The summed E-state index contributed by atoms with van der Waals surface area (Å²) in [5.74, 6) is 0.0670. The molecule has 0 saturated carbocycles. The third-order valence-corrected chi connectivity index (χ3v) is 4.48. The standard InChI is InChI=1S/C22H22O/c1-21(2,3)20-16-19(23)14-15-22(20,17-10-6-4-7-11-17)18-12-8-5-9-13-18/h4-16H,1-3H3. The van der Waals surface area contributed by atoms with Gasteiger partial charge in [-0.2, -0.15) is 0 Å². The van der Waals surface area contributed by atoms with E-state index in [4.69, 9.17) is 0 Å². The molecule has 0 unspecified atom stereocenters. The lowest BCUT2D eigenvalue weighted by Crippen LogP contribution is -2.36. The molecule has 1 heteroatoms. The second-order valence-electron chi connectivity index (χ2n) is 7.08. The molecule has 0 bridgehead atoms. The molecule has 1 nitrogen and oxygen atoms in total. The predicted molar refractivity (Wildman–Crippen MR) is 95.3 cm³/mol. The lowest BCUT2D eigenvalue weighted by molar-refractivity contribution is -0.110. The Morgan fingerprint density at radius 2 is 1.26 bits per heavy atom. The predicted octanol–water partition coefficient (Wildman–Crippen LogP) is 5.08. The fourth-order valence-electron chi connectivity index (χ4n) is 3.48. The van der Waals surface area contributed by atoms with E-state index in [1.54, 1.807) is 6.08 Å². The van der Waals surface area contributed by atoms with Crippen LogP contribution in [-0.4, -0.2) is 5.78 Å². The largest absolute Gasteiger partial charge is 0.290 e. The maximum atomic E-state index is 12.1. The first kappa shape index (κ1) is 15.5. The van der Waals surface area contributed by atoms with Crippen molar-refractivity contribution in [2.24, 2.45) is 5.41 Å². The van der Waals surface area contributed by atoms with E-state index in [9.17, 15) is 4.79 Å². The molecule has 116 valence electrons. The highest BCUT2D eigenvalue weighted by Gasteiger charge is 2.42. The zero-order valence-electron chi connectivity index (χ0n) is 13.9. The highest BCUT2D eigenvalue weighted by Crippen LogP contribution is 2.49. The van der Waals surface area contributed by atoms with E-state index < -0.39 is 5.41 Å². The van der Waals surface area contributed by atoms with Crippen molar-refractivity contribution >= 4 is 5.78 Å². The fraction of sp³-hybridized carbons (Fsp3) is 0.227. The number of ketones is 1. The van der Waals surface area contributed by atoms with E-state index in [0.29, 0.717) is 0 Å². The van der Waals surface area contributed by atoms with Gasteiger partial charge in [-0.05, 0) is 34.3 Å². The number of hydrogen-bond donors (Lipinski definition) is 0. The normalized spacial score (nSPS) is 17.0. The van der Waals surface area contributed by atoms with Gasteiger partial charge in [-0.25, -0.2) is 0 Å². The van der Waals surface area contributed by atoms with Crippen LogP contribution in [0.4, 0.5) is 0 Å². The van der Waals surface area contributed by atoms with Crippen molar-refractivity contribution in [1.29, 1.82) is 0 Å². The van der Waals surface area contributed by atoms with Gasteiger partial charge in [0, 0.05) is 0 Å². The second kappa shape index (κ2) is 5.66. The van der Waals surface area contributed by atoms with E-state index in [1.807, 2.05) is 18.2 Å². The van der Waals surface area contributed by atoms with Gasteiger partial charge in [0.15, 0.2) is 5.78 Å². The van der Waals surface area contributed by atoms with Crippen molar-refractivity contribution in [3.05, 3.63) is 95.6 Å². The lowest BCUT2D eigenvalue weighted by atomic mass is 9.60. The fourth-order valence-corrected chi connectivity index (χ4v) is 3.48. The van der Waals surface area contributed by atoms with Gasteiger partial charge in [0.25, 0.3) is 0 Å². The molecule has 0 amide bonds. The summed E-state index contributed by atoms with van der Waals surface area (Å²) in [4.78, 5) is 12.1. The smallest absolute Gasteiger partial charge is 0.178 e. The van der Waals surface area contributed by atoms with Crippen molar-refractivity contribution in [3.63, 3.8) is 0 Å². The van der Waals surface area contributed by atoms with Crippen molar-refractivity contribution in [2.45, 2.75) is 26.2 Å². The Labute approximate surface area is 138 Å². The monoisotopic (exact) mass is 302 g/mol. The third kappa shape index (κ3) is 2.68. The van der Waals surface area contributed by atoms with Crippen LogP contribution in [0.1, 0.15) is 31.9 Å². The molecule has 2 aromatic rings. The number of allylic oxidation sites excluding steroid dienone is 4. The zero-order valence-corrected chi connectivity index (χ0v) is 13.9. The topological polar surface area (TPSA) is 17.1 Å². The van der Waals surface area contributed by atoms with Gasteiger partial charge in [0.1, 0.15) is 0 Å². The van der Waals surface area contributed by atoms with Gasteiger partial charge in [-0.1, -0.05) is 87.5 Å². The minimum absolute atomic E-state index is 0.0670. The molecule has 0 N–H and O–H groups in total. The van der Waals surface area contributed by atoms with Crippen LogP contribution in [0.2, 0.25) is 0 Å². The van der Waals surface area contributed by atoms with Gasteiger partial charge in [0.05, 0.1) is 5.41 Å². The summed E-state index contributed by atoms with van der Waals surface area (Å²) in [5, 5.41) is 0. The van der Waals surface area contributed by atoms with Gasteiger partial charge >= 0.3 is 0 Å². The summed E-state index contributed by atoms with van der Waals surface area (Å²) in [7, 11) is 0. The summed E-state index contributed by atoms with van der Waals surface area (Å²) >= 11 is 0. The minimum Gasteiger partial charge on any atom is -0.290 e. The maximum absolute atomic E-state index is 12.1. The van der Waals surface area contributed by atoms with Gasteiger partial charge in [-0.15, -0.1) is 0 Å². The Morgan fingerprint density at radius 1 is 0.783 bits per heavy atom. The molecule has 0 heterocycles. The minimum atomic E-state index is -0.394.